The van der Waals surface area contributed by atoms with E-state index in [4.69, 9.17) is 4.74 Å². The van der Waals surface area contributed by atoms with Gasteiger partial charge in [-0.3, -0.25) is 9.89 Å². The van der Waals surface area contributed by atoms with Crippen LogP contribution in [0.25, 0.3) is 0 Å². The number of carbonyl (C=O) groups is 1. The molecule has 1 heterocycles. The van der Waals surface area contributed by atoms with Crippen molar-refractivity contribution in [1.29, 1.82) is 0 Å². The highest BCUT2D eigenvalue weighted by atomic mass is 16.6. The van der Waals surface area contributed by atoms with Gasteiger partial charge < -0.3 is 10.1 Å². The summed E-state index contributed by atoms with van der Waals surface area (Å²) in [5.74, 6) is 0.934. The van der Waals surface area contributed by atoms with E-state index in [-0.39, 0.29) is 11.6 Å². The van der Waals surface area contributed by atoms with Crippen LogP contribution in [0.4, 0.5) is 4.79 Å². The normalized spacial score (nSPS) is 21.8. The molecule has 5 heteroatoms. The fraction of sp³-hybridized carbons (Fsp3) is 0.867. The van der Waals surface area contributed by atoms with Crippen LogP contribution >= 0.6 is 0 Å². The smallest absolute Gasteiger partial charge is 0.410 e. The van der Waals surface area contributed by atoms with Gasteiger partial charge in [0.15, 0.2) is 0 Å². The van der Waals surface area contributed by atoms with E-state index in [0.717, 1.165) is 12.3 Å². The number of rotatable bonds is 2. The average molecular weight is 281 g/mol. The Labute approximate surface area is 121 Å². The van der Waals surface area contributed by atoms with Crippen LogP contribution in [0.5, 0.6) is 0 Å². The molecule has 5 nitrogen and oxygen atoms in total. The van der Waals surface area contributed by atoms with Crippen molar-refractivity contribution in [2.24, 2.45) is 4.99 Å². The zero-order valence-electron chi connectivity index (χ0n) is 13.2. The predicted molar refractivity (Wildman–Crippen MR) is 80.1 cm³/mol. The summed E-state index contributed by atoms with van der Waals surface area (Å²) in [6, 6.07) is 0. The molecule has 0 aromatic rings. The van der Waals surface area contributed by atoms with Gasteiger partial charge in [-0.2, -0.15) is 0 Å². The van der Waals surface area contributed by atoms with Crippen molar-refractivity contribution in [3.8, 4) is 0 Å². The maximum atomic E-state index is 12.1. The van der Waals surface area contributed by atoms with Crippen LogP contribution in [-0.2, 0) is 4.74 Å². The van der Waals surface area contributed by atoms with Crippen molar-refractivity contribution in [3.05, 3.63) is 0 Å². The van der Waals surface area contributed by atoms with E-state index < -0.39 is 5.60 Å². The van der Waals surface area contributed by atoms with Crippen molar-refractivity contribution in [1.82, 2.24) is 10.2 Å². The molecular weight excluding hydrogens is 254 g/mol. The molecule has 0 aromatic carbocycles. The van der Waals surface area contributed by atoms with Gasteiger partial charge in [0, 0.05) is 12.1 Å². The lowest BCUT2D eigenvalue weighted by Crippen LogP contribution is -2.57. The quantitative estimate of drug-likeness (QED) is 0.846. The molecule has 0 saturated heterocycles. The van der Waals surface area contributed by atoms with Gasteiger partial charge in [0.25, 0.3) is 0 Å². The second-order valence-corrected chi connectivity index (χ2v) is 6.84. The molecule has 1 aliphatic heterocycles. The van der Waals surface area contributed by atoms with Crippen molar-refractivity contribution in [2.45, 2.75) is 64.5 Å². The van der Waals surface area contributed by atoms with Gasteiger partial charge in [-0.05, 0) is 46.5 Å². The maximum absolute atomic E-state index is 12.1. The summed E-state index contributed by atoms with van der Waals surface area (Å²) in [5.41, 5.74) is -0.229. The minimum Gasteiger partial charge on any atom is -0.444 e. The highest BCUT2D eigenvalue weighted by Gasteiger charge is 2.36. The molecule has 114 valence electrons. The van der Waals surface area contributed by atoms with E-state index >= 15 is 0 Å². The van der Waals surface area contributed by atoms with E-state index in [1.807, 2.05) is 20.8 Å². The first kappa shape index (κ1) is 15.1. The Kier molecular flexibility index (Phi) is 4.25. The minimum atomic E-state index is -0.447. The van der Waals surface area contributed by atoms with Crippen molar-refractivity contribution >= 4 is 11.9 Å². The van der Waals surface area contributed by atoms with Gasteiger partial charge in [0.2, 0.25) is 0 Å². The van der Waals surface area contributed by atoms with E-state index in [1.165, 1.54) is 19.3 Å². The molecule has 1 aliphatic carbocycles. The lowest BCUT2D eigenvalue weighted by molar-refractivity contribution is 0.0274. The summed E-state index contributed by atoms with van der Waals surface area (Å²) in [6.07, 6.45) is 4.55. The summed E-state index contributed by atoms with van der Waals surface area (Å²) >= 11 is 0. The largest absolute Gasteiger partial charge is 0.444 e. The van der Waals surface area contributed by atoms with Crippen LogP contribution in [0.15, 0.2) is 4.99 Å². The average Bonchev–Trinajstić information content (AvgIpc) is 2.32. The number of ether oxygens (including phenoxy) is 1. The number of amidine groups is 1. The topological polar surface area (TPSA) is 53.9 Å². The van der Waals surface area contributed by atoms with Crippen molar-refractivity contribution in [3.63, 3.8) is 0 Å². The summed E-state index contributed by atoms with van der Waals surface area (Å²) in [6.45, 7) is 9.71. The van der Waals surface area contributed by atoms with Gasteiger partial charge in [-0.25, -0.2) is 4.79 Å². The molecule has 20 heavy (non-hydrogen) atoms. The van der Waals surface area contributed by atoms with Gasteiger partial charge in [-0.1, -0.05) is 6.92 Å². The summed E-state index contributed by atoms with van der Waals surface area (Å²) in [7, 11) is 0. The minimum absolute atomic E-state index is 0.218. The third-order valence-electron chi connectivity index (χ3n) is 4.06. The standard InChI is InChI=1S/C15H27N3O2/c1-5-15(7-6-8-15)17-12-11-18(10-9-16-12)13(19)20-14(2,3)4/h5-11H2,1-4H3,(H,16,17). The Morgan fingerprint density at radius 3 is 2.65 bits per heavy atom. The van der Waals surface area contributed by atoms with Crippen LogP contribution in [0.3, 0.4) is 0 Å². The Bertz CT molecular complexity index is 389. The highest BCUT2D eigenvalue weighted by Crippen LogP contribution is 2.34. The number of hydrogen-bond acceptors (Lipinski definition) is 4. The Hall–Kier alpha value is -1.26. The van der Waals surface area contributed by atoms with Gasteiger partial charge in [0.05, 0.1) is 13.1 Å². The Morgan fingerprint density at radius 1 is 1.45 bits per heavy atom. The van der Waals surface area contributed by atoms with E-state index in [1.54, 1.807) is 4.90 Å². The lowest BCUT2D eigenvalue weighted by Gasteiger charge is -2.44. The second-order valence-electron chi connectivity index (χ2n) is 6.84. The Morgan fingerprint density at radius 2 is 2.15 bits per heavy atom. The molecule has 0 unspecified atom stereocenters. The van der Waals surface area contributed by atoms with Crippen LogP contribution in [0, 0.1) is 0 Å². The first-order valence-electron chi connectivity index (χ1n) is 7.63. The molecule has 1 N–H and O–H groups in total. The molecular formula is C15H27N3O2. The van der Waals surface area contributed by atoms with Crippen LogP contribution in [0.1, 0.15) is 53.4 Å². The predicted octanol–water partition coefficient (Wildman–Crippen LogP) is 2.56. The van der Waals surface area contributed by atoms with Gasteiger partial charge >= 0.3 is 6.09 Å². The number of amides is 1. The second kappa shape index (κ2) is 5.62. The first-order chi connectivity index (χ1) is 9.34. The van der Waals surface area contributed by atoms with Crippen LogP contribution in [0.2, 0.25) is 0 Å². The SMILES string of the molecule is CCC1(NC2=NCCN(C(=O)OC(C)(C)C)C2)CCC1. The Balaban J connectivity index is 1.91. The number of carbonyl (C=O) groups excluding carboxylic acids is 1. The third kappa shape index (κ3) is 3.64. The number of nitrogens with one attached hydrogen (secondary N) is 1. The summed E-state index contributed by atoms with van der Waals surface area (Å²) in [4.78, 5) is 18.4. The maximum Gasteiger partial charge on any atom is 0.410 e. The number of nitrogens with zero attached hydrogens (tertiary/aromatic N) is 2. The highest BCUT2D eigenvalue weighted by molar-refractivity contribution is 5.88. The zero-order valence-corrected chi connectivity index (χ0v) is 13.2. The fourth-order valence-electron chi connectivity index (χ4n) is 2.65. The molecule has 1 fully saturated rings. The van der Waals surface area contributed by atoms with Crippen molar-refractivity contribution < 1.29 is 9.53 Å². The molecule has 1 amide bonds. The summed E-state index contributed by atoms with van der Waals surface area (Å²) in [5, 5.41) is 3.57. The molecule has 2 rings (SSSR count). The fourth-order valence-corrected chi connectivity index (χ4v) is 2.65. The monoisotopic (exact) mass is 281 g/mol. The number of aliphatic imine (C=N–C) groups is 1. The molecule has 1 saturated carbocycles. The van der Waals surface area contributed by atoms with E-state index in [2.05, 4.69) is 17.2 Å². The molecule has 2 aliphatic rings. The van der Waals surface area contributed by atoms with Crippen LogP contribution in [-0.4, -0.2) is 47.6 Å². The first-order valence-corrected chi connectivity index (χ1v) is 7.63. The molecule has 0 aromatic heterocycles. The zero-order chi connectivity index (χ0) is 14.8. The third-order valence-corrected chi connectivity index (χ3v) is 4.06. The van der Waals surface area contributed by atoms with Gasteiger partial charge in [0.1, 0.15) is 11.4 Å². The van der Waals surface area contributed by atoms with Crippen LogP contribution < -0.4 is 5.32 Å². The van der Waals surface area contributed by atoms with Crippen molar-refractivity contribution in [2.75, 3.05) is 19.6 Å². The molecule has 0 atom stereocenters. The number of hydrogen-bond donors (Lipinski definition) is 1. The molecule has 0 radical (unpaired) electrons. The lowest BCUT2D eigenvalue weighted by atomic mass is 9.75. The van der Waals surface area contributed by atoms with E-state index in [9.17, 15) is 4.79 Å². The molecule has 0 bridgehead atoms. The summed E-state index contributed by atoms with van der Waals surface area (Å²) < 4.78 is 5.43. The van der Waals surface area contributed by atoms with E-state index in [0.29, 0.717) is 19.6 Å². The molecule has 0 spiro atoms. The van der Waals surface area contributed by atoms with Gasteiger partial charge in [-0.15, -0.1) is 0 Å².